The summed E-state index contributed by atoms with van der Waals surface area (Å²) in [5.41, 5.74) is 0.755. The van der Waals surface area contributed by atoms with Gasteiger partial charge in [0.1, 0.15) is 23.5 Å². The highest BCUT2D eigenvalue weighted by Gasteiger charge is 1.98. The van der Waals surface area contributed by atoms with E-state index in [1.807, 2.05) is 0 Å². The molecule has 0 aliphatic heterocycles. The van der Waals surface area contributed by atoms with Crippen molar-refractivity contribution in [2.24, 2.45) is 0 Å². The molecule has 0 heterocycles. The number of aromatic hydroxyl groups is 3. The summed E-state index contributed by atoms with van der Waals surface area (Å²) in [5.74, 6) is -0.0706. The highest BCUT2D eigenvalue weighted by atomic mass is 16.3. The van der Waals surface area contributed by atoms with Gasteiger partial charge in [0.05, 0.1) is 5.56 Å². The van der Waals surface area contributed by atoms with E-state index in [9.17, 15) is 9.59 Å². The molecule has 5 heteroatoms. The molecule has 0 atom stereocenters. The largest absolute Gasteiger partial charge is 0.508 e. The van der Waals surface area contributed by atoms with Gasteiger partial charge in [-0.3, -0.25) is 9.59 Å². The van der Waals surface area contributed by atoms with E-state index in [0.717, 1.165) is 12.4 Å². The molecular weight excluding hydrogens is 248 g/mol. The Morgan fingerprint density at radius 2 is 1.32 bits per heavy atom. The van der Waals surface area contributed by atoms with Crippen LogP contribution in [0.25, 0.3) is 0 Å². The van der Waals surface area contributed by atoms with E-state index >= 15 is 0 Å². The maximum atomic E-state index is 10.1. The normalized spacial score (nSPS) is 9.05. The number of benzene rings is 2. The van der Waals surface area contributed by atoms with Crippen LogP contribution in [-0.2, 0) is 0 Å². The Kier molecular flexibility index (Phi) is 5.10. The molecule has 0 radical (unpaired) electrons. The summed E-state index contributed by atoms with van der Waals surface area (Å²) in [4.78, 5) is 20.1. The molecule has 2 aromatic carbocycles. The van der Waals surface area contributed by atoms with Crippen molar-refractivity contribution in [3.05, 3.63) is 53.6 Å². The van der Waals surface area contributed by atoms with E-state index in [4.69, 9.17) is 15.3 Å². The number of hydrogen-bond donors (Lipinski definition) is 3. The highest BCUT2D eigenvalue weighted by Crippen LogP contribution is 2.20. The molecule has 0 fully saturated rings. The van der Waals surface area contributed by atoms with E-state index in [2.05, 4.69) is 0 Å². The molecule has 0 aliphatic rings. The van der Waals surface area contributed by atoms with Gasteiger partial charge in [-0.05, 0) is 36.4 Å². The standard InChI is InChI=1S/C7H6O3.C7H6O2/c8-4-5-1-2-6(9)3-7(5)10;8-5-6-1-3-7(9)4-2-6/h1-4,9-10H;1-5,9H. The second-order valence-electron chi connectivity index (χ2n) is 3.57. The Morgan fingerprint density at radius 1 is 0.737 bits per heavy atom. The predicted octanol–water partition coefficient (Wildman–Crippen LogP) is 2.12. The second-order valence-corrected chi connectivity index (χ2v) is 3.57. The summed E-state index contributed by atoms with van der Waals surface area (Å²) >= 11 is 0. The molecule has 0 spiro atoms. The van der Waals surface area contributed by atoms with Crippen LogP contribution in [0.5, 0.6) is 17.2 Å². The number of hydrogen-bond acceptors (Lipinski definition) is 5. The van der Waals surface area contributed by atoms with E-state index in [-0.39, 0.29) is 22.8 Å². The minimum Gasteiger partial charge on any atom is -0.508 e. The molecular formula is C14H12O5. The molecule has 0 saturated heterocycles. The lowest BCUT2D eigenvalue weighted by molar-refractivity contribution is 0.111. The predicted molar refractivity (Wildman–Crippen MR) is 68.7 cm³/mol. The highest BCUT2D eigenvalue weighted by molar-refractivity contribution is 5.79. The van der Waals surface area contributed by atoms with Gasteiger partial charge in [-0.25, -0.2) is 0 Å². The molecule has 0 saturated carbocycles. The van der Waals surface area contributed by atoms with Gasteiger partial charge in [-0.1, -0.05) is 0 Å². The first-order valence-electron chi connectivity index (χ1n) is 5.28. The van der Waals surface area contributed by atoms with Crippen LogP contribution in [0.4, 0.5) is 0 Å². The van der Waals surface area contributed by atoms with Crippen LogP contribution in [0.2, 0.25) is 0 Å². The van der Waals surface area contributed by atoms with Gasteiger partial charge in [0, 0.05) is 11.6 Å². The lowest BCUT2D eigenvalue weighted by Crippen LogP contribution is -1.78. The average Bonchev–Trinajstić information content (AvgIpc) is 2.40. The summed E-state index contributed by atoms with van der Waals surface area (Å²) in [6, 6.07) is 9.86. The molecule has 0 aromatic heterocycles. The van der Waals surface area contributed by atoms with E-state index in [0.29, 0.717) is 11.8 Å². The van der Waals surface area contributed by atoms with Crippen LogP contribution in [0.1, 0.15) is 20.7 Å². The van der Waals surface area contributed by atoms with Crippen molar-refractivity contribution >= 4 is 12.6 Å². The van der Waals surface area contributed by atoms with Crippen LogP contribution < -0.4 is 0 Å². The molecule has 19 heavy (non-hydrogen) atoms. The Labute approximate surface area is 109 Å². The van der Waals surface area contributed by atoms with Gasteiger partial charge in [-0.15, -0.1) is 0 Å². The Hall–Kier alpha value is -2.82. The summed E-state index contributed by atoms with van der Waals surface area (Å²) in [7, 11) is 0. The third-order valence-corrected chi connectivity index (χ3v) is 2.17. The molecule has 0 bridgehead atoms. The fourth-order valence-electron chi connectivity index (χ4n) is 1.18. The van der Waals surface area contributed by atoms with Crippen LogP contribution in [0, 0.1) is 0 Å². The molecule has 2 rings (SSSR count). The molecule has 0 unspecified atom stereocenters. The van der Waals surface area contributed by atoms with Crippen molar-refractivity contribution < 1.29 is 24.9 Å². The average molecular weight is 260 g/mol. The zero-order valence-electron chi connectivity index (χ0n) is 9.85. The number of aldehydes is 2. The second kappa shape index (κ2) is 6.80. The Balaban J connectivity index is 0.000000191. The quantitative estimate of drug-likeness (QED) is 0.719. The first kappa shape index (κ1) is 14.2. The lowest BCUT2D eigenvalue weighted by atomic mass is 10.2. The Morgan fingerprint density at radius 3 is 1.79 bits per heavy atom. The van der Waals surface area contributed by atoms with Crippen molar-refractivity contribution in [2.45, 2.75) is 0 Å². The third kappa shape index (κ3) is 4.51. The van der Waals surface area contributed by atoms with Crippen molar-refractivity contribution in [3.63, 3.8) is 0 Å². The van der Waals surface area contributed by atoms with Crippen LogP contribution in [0.3, 0.4) is 0 Å². The summed E-state index contributed by atoms with van der Waals surface area (Å²) in [6.45, 7) is 0. The number of rotatable bonds is 2. The fourth-order valence-corrected chi connectivity index (χ4v) is 1.18. The van der Waals surface area contributed by atoms with Crippen molar-refractivity contribution in [3.8, 4) is 17.2 Å². The SMILES string of the molecule is O=Cc1ccc(O)cc1.O=Cc1ccc(O)cc1O. The van der Waals surface area contributed by atoms with Gasteiger partial charge in [0.25, 0.3) is 0 Å². The maximum Gasteiger partial charge on any atom is 0.153 e. The number of carbonyl (C=O) groups excluding carboxylic acids is 2. The zero-order chi connectivity index (χ0) is 14.3. The van der Waals surface area contributed by atoms with E-state index in [1.165, 1.54) is 24.3 Å². The molecule has 0 amide bonds. The fraction of sp³-hybridized carbons (Fsp3) is 0. The third-order valence-electron chi connectivity index (χ3n) is 2.17. The molecule has 3 N–H and O–H groups in total. The topological polar surface area (TPSA) is 94.8 Å². The monoisotopic (exact) mass is 260 g/mol. The first-order valence-corrected chi connectivity index (χ1v) is 5.28. The van der Waals surface area contributed by atoms with Gasteiger partial charge < -0.3 is 15.3 Å². The summed E-state index contributed by atoms with van der Waals surface area (Å²) in [6.07, 6.45) is 1.26. The number of carbonyl (C=O) groups is 2. The lowest BCUT2D eigenvalue weighted by Gasteiger charge is -1.95. The maximum absolute atomic E-state index is 10.1. The number of phenols is 3. The van der Waals surface area contributed by atoms with Gasteiger partial charge in [0.2, 0.25) is 0 Å². The zero-order valence-corrected chi connectivity index (χ0v) is 9.85. The van der Waals surface area contributed by atoms with Crippen LogP contribution in [-0.4, -0.2) is 27.9 Å². The first-order chi connectivity index (χ1) is 9.06. The smallest absolute Gasteiger partial charge is 0.153 e. The summed E-state index contributed by atoms with van der Waals surface area (Å²) < 4.78 is 0. The van der Waals surface area contributed by atoms with Crippen molar-refractivity contribution in [2.75, 3.05) is 0 Å². The van der Waals surface area contributed by atoms with Crippen LogP contribution >= 0.6 is 0 Å². The number of phenolic OH excluding ortho intramolecular Hbond substituents is 3. The van der Waals surface area contributed by atoms with Crippen LogP contribution in [0.15, 0.2) is 42.5 Å². The van der Waals surface area contributed by atoms with Crippen molar-refractivity contribution in [1.29, 1.82) is 0 Å². The molecule has 2 aromatic rings. The van der Waals surface area contributed by atoms with E-state index in [1.54, 1.807) is 12.1 Å². The van der Waals surface area contributed by atoms with E-state index < -0.39 is 0 Å². The Bertz CT molecular complexity index is 561. The minimum atomic E-state index is -0.199. The minimum absolute atomic E-state index is 0.0527. The van der Waals surface area contributed by atoms with Crippen molar-refractivity contribution in [1.82, 2.24) is 0 Å². The summed E-state index contributed by atoms with van der Waals surface area (Å²) in [5, 5.41) is 26.4. The molecule has 0 aliphatic carbocycles. The van der Waals surface area contributed by atoms with Gasteiger partial charge in [0.15, 0.2) is 6.29 Å². The van der Waals surface area contributed by atoms with Gasteiger partial charge in [-0.2, -0.15) is 0 Å². The molecule has 5 nitrogen and oxygen atoms in total. The molecule has 98 valence electrons. The van der Waals surface area contributed by atoms with Gasteiger partial charge >= 0.3 is 0 Å².